The average molecular weight is 282 g/mol. The van der Waals surface area contributed by atoms with Crippen LogP contribution in [0.15, 0.2) is 29.5 Å². The zero-order valence-corrected chi connectivity index (χ0v) is 12.0. The summed E-state index contributed by atoms with van der Waals surface area (Å²) in [5.41, 5.74) is -1.17. The molecule has 0 unspecified atom stereocenters. The van der Waals surface area contributed by atoms with E-state index in [9.17, 15) is 14.3 Å². The van der Waals surface area contributed by atoms with Gasteiger partial charge in [0.2, 0.25) is 0 Å². The largest absolute Gasteiger partial charge is 0.478 e. The summed E-state index contributed by atoms with van der Waals surface area (Å²) in [5.74, 6) is -1.76. The minimum Gasteiger partial charge on any atom is -0.478 e. The van der Waals surface area contributed by atoms with Crippen molar-refractivity contribution in [1.82, 2.24) is 0 Å². The van der Waals surface area contributed by atoms with Crippen LogP contribution in [0, 0.1) is 5.82 Å². The third-order valence-electron chi connectivity index (χ3n) is 2.92. The van der Waals surface area contributed by atoms with Gasteiger partial charge >= 0.3 is 5.97 Å². The molecule has 0 saturated carbocycles. The number of allylic oxidation sites excluding steroid dienone is 1. The van der Waals surface area contributed by atoms with E-state index >= 15 is 0 Å². The van der Waals surface area contributed by atoms with Crippen LogP contribution in [-0.2, 0) is 10.4 Å². The van der Waals surface area contributed by atoms with E-state index in [1.54, 1.807) is 13.0 Å². The SMILES string of the molecule is CC/C(C(=O)O)=C(/C)Oc1cccc(C(C)(C)O)c1F. The van der Waals surface area contributed by atoms with Gasteiger partial charge in [0, 0.05) is 5.56 Å². The lowest BCUT2D eigenvalue weighted by Crippen LogP contribution is -2.18. The highest BCUT2D eigenvalue weighted by atomic mass is 19.1. The van der Waals surface area contributed by atoms with Crippen molar-refractivity contribution >= 4 is 5.97 Å². The van der Waals surface area contributed by atoms with Crippen molar-refractivity contribution in [1.29, 1.82) is 0 Å². The van der Waals surface area contributed by atoms with Crippen molar-refractivity contribution in [3.05, 3.63) is 40.9 Å². The van der Waals surface area contributed by atoms with Crippen LogP contribution in [0.25, 0.3) is 0 Å². The predicted octanol–water partition coefficient (Wildman–Crippen LogP) is 3.20. The number of ether oxygens (including phenoxy) is 1. The lowest BCUT2D eigenvalue weighted by molar-refractivity contribution is -0.133. The van der Waals surface area contributed by atoms with Gasteiger partial charge in [-0.15, -0.1) is 0 Å². The summed E-state index contributed by atoms with van der Waals surface area (Å²) < 4.78 is 19.6. The minimum atomic E-state index is -1.35. The first kappa shape index (κ1) is 16.2. The summed E-state index contributed by atoms with van der Waals surface area (Å²) in [6.07, 6.45) is 0.272. The molecule has 0 bridgehead atoms. The quantitative estimate of drug-likeness (QED) is 0.643. The Morgan fingerprint density at radius 3 is 2.45 bits per heavy atom. The summed E-state index contributed by atoms with van der Waals surface area (Å²) in [4.78, 5) is 11.0. The standard InChI is InChI=1S/C15H19FO4/c1-5-10(14(17)18)9(2)20-12-8-6-7-11(13(12)16)15(3,4)19/h6-8,19H,5H2,1-4H3,(H,17,18)/b10-9+. The molecule has 0 fully saturated rings. The normalized spacial score (nSPS) is 12.9. The topological polar surface area (TPSA) is 66.8 Å². The van der Waals surface area contributed by atoms with Crippen molar-refractivity contribution in [3.63, 3.8) is 0 Å². The maximum absolute atomic E-state index is 14.2. The monoisotopic (exact) mass is 282 g/mol. The molecule has 0 heterocycles. The number of hydrogen-bond acceptors (Lipinski definition) is 3. The number of carbonyl (C=O) groups is 1. The first-order valence-electron chi connectivity index (χ1n) is 6.30. The zero-order chi connectivity index (χ0) is 15.5. The van der Waals surface area contributed by atoms with Gasteiger partial charge in [-0.3, -0.25) is 0 Å². The highest BCUT2D eigenvalue weighted by molar-refractivity contribution is 5.87. The first-order chi connectivity index (χ1) is 9.18. The number of hydrogen-bond donors (Lipinski definition) is 2. The van der Waals surface area contributed by atoms with Gasteiger partial charge in [0.25, 0.3) is 0 Å². The molecule has 0 aliphatic carbocycles. The summed E-state index contributed by atoms with van der Waals surface area (Å²) in [6, 6.07) is 4.40. The number of aliphatic carboxylic acids is 1. The molecule has 1 rings (SSSR count). The summed E-state index contributed by atoms with van der Waals surface area (Å²) >= 11 is 0. The van der Waals surface area contributed by atoms with Crippen LogP contribution < -0.4 is 4.74 Å². The van der Waals surface area contributed by atoms with Crippen LogP contribution in [0.1, 0.15) is 39.7 Å². The van der Waals surface area contributed by atoms with Crippen molar-refractivity contribution in [2.75, 3.05) is 0 Å². The van der Waals surface area contributed by atoms with Gasteiger partial charge in [0.15, 0.2) is 11.6 Å². The van der Waals surface area contributed by atoms with E-state index in [-0.39, 0.29) is 29.1 Å². The Morgan fingerprint density at radius 1 is 1.40 bits per heavy atom. The van der Waals surface area contributed by atoms with Crippen molar-refractivity contribution in [2.45, 2.75) is 39.7 Å². The molecule has 4 nitrogen and oxygen atoms in total. The number of aliphatic hydroxyl groups is 1. The highest BCUT2D eigenvalue weighted by Gasteiger charge is 2.23. The van der Waals surface area contributed by atoms with Gasteiger partial charge in [0.05, 0.1) is 11.2 Å². The maximum Gasteiger partial charge on any atom is 0.334 e. The van der Waals surface area contributed by atoms with Gasteiger partial charge < -0.3 is 14.9 Å². The second kappa shape index (κ2) is 6.05. The molecule has 0 saturated heterocycles. The van der Waals surface area contributed by atoms with Crippen LogP contribution in [0.5, 0.6) is 5.75 Å². The molecule has 1 aromatic carbocycles. The number of benzene rings is 1. The molecule has 2 N–H and O–H groups in total. The zero-order valence-electron chi connectivity index (χ0n) is 12.0. The van der Waals surface area contributed by atoms with Gasteiger partial charge in [0.1, 0.15) is 5.76 Å². The molecular formula is C15H19FO4. The van der Waals surface area contributed by atoms with E-state index in [4.69, 9.17) is 9.84 Å². The van der Waals surface area contributed by atoms with E-state index in [2.05, 4.69) is 0 Å². The Balaban J connectivity index is 3.21. The molecular weight excluding hydrogens is 263 g/mol. The number of carboxylic acid groups (broad SMARTS) is 1. The third-order valence-corrected chi connectivity index (χ3v) is 2.92. The molecule has 0 spiro atoms. The Hall–Kier alpha value is -1.88. The summed E-state index contributed by atoms with van der Waals surface area (Å²) in [7, 11) is 0. The fraction of sp³-hybridized carbons (Fsp3) is 0.400. The van der Waals surface area contributed by atoms with E-state index in [1.807, 2.05) is 0 Å². The Bertz CT molecular complexity index is 541. The van der Waals surface area contributed by atoms with Gasteiger partial charge in [-0.25, -0.2) is 9.18 Å². The van der Waals surface area contributed by atoms with Gasteiger partial charge in [-0.1, -0.05) is 19.1 Å². The third kappa shape index (κ3) is 3.57. The van der Waals surface area contributed by atoms with Crippen molar-refractivity contribution < 1.29 is 24.1 Å². The summed E-state index contributed by atoms with van der Waals surface area (Å²) in [6.45, 7) is 6.09. The Labute approximate surface area is 117 Å². The van der Waals surface area contributed by atoms with Gasteiger partial charge in [-0.05, 0) is 33.3 Å². The molecule has 0 aliphatic heterocycles. The van der Waals surface area contributed by atoms with Crippen LogP contribution in [-0.4, -0.2) is 16.2 Å². The van der Waals surface area contributed by atoms with Crippen LogP contribution in [0.4, 0.5) is 4.39 Å². The number of halogens is 1. The number of rotatable bonds is 5. The van der Waals surface area contributed by atoms with E-state index in [1.165, 1.54) is 32.9 Å². The van der Waals surface area contributed by atoms with Gasteiger partial charge in [-0.2, -0.15) is 0 Å². The molecule has 0 atom stereocenters. The fourth-order valence-electron chi connectivity index (χ4n) is 1.84. The molecule has 0 aliphatic rings. The lowest BCUT2D eigenvalue weighted by Gasteiger charge is -2.20. The van der Waals surface area contributed by atoms with E-state index in [0.717, 1.165) is 0 Å². The average Bonchev–Trinajstić information content (AvgIpc) is 2.30. The summed E-state index contributed by atoms with van der Waals surface area (Å²) in [5, 5.41) is 18.9. The van der Waals surface area contributed by atoms with E-state index in [0.29, 0.717) is 0 Å². The number of carboxylic acids is 1. The second-order valence-corrected chi connectivity index (χ2v) is 4.97. The lowest BCUT2D eigenvalue weighted by atomic mass is 9.97. The predicted molar refractivity (Wildman–Crippen MR) is 72.9 cm³/mol. The van der Waals surface area contributed by atoms with Crippen LogP contribution >= 0.6 is 0 Å². The highest BCUT2D eigenvalue weighted by Crippen LogP contribution is 2.30. The second-order valence-electron chi connectivity index (χ2n) is 4.97. The molecule has 110 valence electrons. The van der Waals surface area contributed by atoms with Crippen molar-refractivity contribution in [2.24, 2.45) is 0 Å². The Morgan fingerprint density at radius 2 is 2.00 bits per heavy atom. The molecule has 5 heteroatoms. The molecule has 0 radical (unpaired) electrons. The van der Waals surface area contributed by atoms with Crippen molar-refractivity contribution in [3.8, 4) is 5.75 Å². The molecule has 20 heavy (non-hydrogen) atoms. The smallest absolute Gasteiger partial charge is 0.334 e. The fourth-order valence-corrected chi connectivity index (χ4v) is 1.84. The van der Waals surface area contributed by atoms with Crippen LogP contribution in [0.3, 0.4) is 0 Å². The first-order valence-corrected chi connectivity index (χ1v) is 6.30. The maximum atomic E-state index is 14.2. The van der Waals surface area contributed by atoms with E-state index < -0.39 is 17.4 Å². The molecule has 1 aromatic rings. The van der Waals surface area contributed by atoms with Crippen LogP contribution in [0.2, 0.25) is 0 Å². The molecule has 0 amide bonds. The minimum absolute atomic E-state index is 0.0815. The Kier molecular flexibility index (Phi) is 4.89. The molecule has 0 aromatic heterocycles.